The van der Waals surface area contributed by atoms with Gasteiger partial charge in [-0.25, -0.2) is 0 Å². The van der Waals surface area contributed by atoms with Crippen LogP contribution in [0.2, 0.25) is 0 Å². The average Bonchev–Trinajstić information content (AvgIpc) is 2.39. The van der Waals surface area contributed by atoms with Gasteiger partial charge >= 0.3 is 5.97 Å². The van der Waals surface area contributed by atoms with Crippen LogP contribution >= 0.6 is 0 Å². The number of rotatable bonds is 15. The lowest BCUT2D eigenvalue weighted by molar-refractivity contribution is -0.140. The molecular formula is C16H31NO3. The number of nitrogens with one attached hydrogen (secondary N) is 1. The lowest BCUT2D eigenvalue weighted by Crippen LogP contribution is -2.25. The predicted octanol–water partition coefficient (Wildman–Crippen LogP) is 3.54. The number of hydrogen-bond donors (Lipinski definition) is 2. The van der Waals surface area contributed by atoms with Crippen molar-refractivity contribution in [2.75, 3.05) is 13.1 Å². The number of carboxylic acid groups (broad SMARTS) is 1. The number of ketones is 1. The lowest BCUT2D eigenvalue weighted by Gasteiger charge is -2.04. The summed E-state index contributed by atoms with van der Waals surface area (Å²) in [6, 6.07) is 0. The molecule has 0 unspecified atom stereocenters. The van der Waals surface area contributed by atoms with Gasteiger partial charge in [0.2, 0.25) is 0 Å². The molecule has 0 saturated carbocycles. The SMILES string of the molecule is CCCCCCCCCCCCNCC(=O)CC(=O)O. The molecule has 0 aromatic carbocycles. The molecule has 0 rings (SSSR count). The van der Waals surface area contributed by atoms with Crippen LogP contribution in [0.4, 0.5) is 0 Å². The molecule has 0 spiro atoms. The van der Waals surface area contributed by atoms with Crippen LogP contribution in [0.3, 0.4) is 0 Å². The molecule has 0 fully saturated rings. The maximum absolute atomic E-state index is 11.1. The van der Waals surface area contributed by atoms with E-state index in [1.807, 2.05) is 0 Å². The molecule has 0 radical (unpaired) electrons. The fraction of sp³-hybridized carbons (Fsp3) is 0.875. The van der Waals surface area contributed by atoms with Crippen molar-refractivity contribution < 1.29 is 14.7 Å². The highest BCUT2D eigenvalue weighted by molar-refractivity contribution is 5.95. The van der Waals surface area contributed by atoms with Crippen LogP contribution in [0, 0.1) is 0 Å². The molecule has 4 heteroatoms. The van der Waals surface area contributed by atoms with E-state index in [2.05, 4.69) is 12.2 Å². The van der Waals surface area contributed by atoms with Crippen LogP contribution in [0.15, 0.2) is 0 Å². The Hall–Kier alpha value is -0.900. The first kappa shape index (κ1) is 19.1. The molecule has 20 heavy (non-hydrogen) atoms. The number of Topliss-reactive ketones (excluding diaryl/α,β-unsaturated/α-hetero) is 1. The highest BCUT2D eigenvalue weighted by atomic mass is 16.4. The summed E-state index contributed by atoms with van der Waals surface area (Å²) in [5.74, 6) is -1.29. The monoisotopic (exact) mass is 285 g/mol. The minimum atomic E-state index is -1.05. The van der Waals surface area contributed by atoms with Gasteiger partial charge in [0.15, 0.2) is 5.78 Å². The number of aliphatic carboxylic acids is 1. The van der Waals surface area contributed by atoms with Crippen LogP contribution in [0.1, 0.15) is 77.6 Å². The normalized spacial score (nSPS) is 10.7. The number of hydrogen-bond acceptors (Lipinski definition) is 3. The molecule has 2 N–H and O–H groups in total. The number of carboxylic acids is 1. The van der Waals surface area contributed by atoms with E-state index in [1.165, 1.54) is 57.8 Å². The molecule has 0 bridgehead atoms. The molecule has 0 aliphatic carbocycles. The van der Waals surface area contributed by atoms with Crippen molar-refractivity contribution >= 4 is 11.8 Å². The van der Waals surface area contributed by atoms with Gasteiger partial charge in [0.1, 0.15) is 6.42 Å². The second-order valence-electron chi connectivity index (χ2n) is 5.47. The molecule has 4 nitrogen and oxygen atoms in total. The van der Waals surface area contributed by atoms with E-state index in [9.17, 15) is 9.59 Å². The van der Waals surface area contributed by atoms with Crippen LogP contribution < -0.4 is 5.32 Å². The predicted molar refractivity (Wildman–Crippen MR) is 82.0 cm³/mol. The van der Waals surface area contributed by atoms with E-state index in [4.69, 9.17) is 5.11 Å². The fourth-order valence-electron chi connectivity index (χ4n) is 2.20. The van der Waals surface area contributed by atoms with E-state index >= 15 is 0 Å². The molecular weight excluding hydrogens is 254 g/mol. The first-order valence-electron chi connectivity index (χ1n) is 8.11. The molecule has 0 amide bonds. The Labute approximate surface area is 123 Å². The molecule has 0 saturated heterocycles. The summed E-state index contributed by atoms with van der Waals surface area (Å²) in [6.07, 6.45) is 12.6. The average molecular weight is 285 g/mol. The van der Waals surface area contributed by atoms with Gasteiger partial charge in [0.05, 0.1) is 6.54 Å². The molecule has 0 aliphatic heterocycles. The molecule has 0 atom stereocenters. The van der Waals surface area contributed by atoms with Crippen LogP contribution in [-0.4, -0.2) is 29.9 Å². The summed E-state index contributed by atoms with van der Waals surface area (Å²) in [5.41, 5.74) is 0. The van der Waals surface area contributed by atoms with Crippen molar-refractivity contribution in [1.29, 1.82) is 0 Å². The van der Waals surface area contributed by atoms with Gasteiger partial charge in [-0.05, 0) is 13.0 Å². The van der Waals surface area contributed by atoms with Gasteiger partial charge in [-0.1, -0.05) is 64.7 Å². The Morgan fingerprint density at radius 3 is 1.85 bits per heavy atom. The standard InChI is InChI=1S/C16H31NO3/c1-2-3-4-5-6-7-8-9-10-11-12-17-14-15(18)13-16(19)20/h17H,2-14H2,1H3,(H,19,20). The van der Waals surface area contributed by atoms with Crippen LogP contribution in [0.25, 0.3) is 0 Å². The van der Waals surface area contributed by atoms with Crippen molar-refractivity contribution in [2.24, 2.45) is 0 Å². The van der Waals surface area contributed by atoms with E-state index in [0.717, 1.165) is 13.0 Å². The second-order valence-corrected chi connectivity index (χ2v) is 5.47. The third-order valence-electron chi connectivity index (χ3n) is 3.38. The molecule has 118 valence electrons. The quantitative estimate of drug-likeness (QED) is 0.357. The molecule has 0 aromatic heterocycles. The maximum atomic E-state index is 11.1. The molecule has 0 heterocycles. The van der Waals surface area contributed by atoms with Crippen molar-refractivity contribution in [3.05, 3.63) is 0 Å². The van der Waals surface area contributed by atoms with Crippen molar-refractivity contribution in [2.45, 2.75) is 77.6 Å². The Bertz CT molecular complexity index is 254. The maximum Gasteiger partial charge on any atom is 0.310 e. The lowest BCUT2D eigenvalue weighted by atomic mass is 10.1. The summed E-state index contributed by atoms with van der Waals surface area (Å²) in [6.45, 7) is 3.23. The number of unbranched alkanes of at least 4 members (excludes halogenated alkanes) is 9. The highest BCUT2D eigenvalue weighted by Crippen LogP contribution is 2.10. The van der Waals surface area contributed by atoms with Crippen molar-refractivity contribution in [3.63, 3.8) is 0 Å². The third-order valence-corrected chi connectivity index (χ3v) is 3.38. The Morgan fingerprint density at radius 1 is 0.850 bits per heavy atom. The second kappa shape index (κ2) is 14.5. The summed E-state index contributed by atoms with van der Waals surface area (Å²) < 4.78 is 0. The summed E-state index contributed by atoms with van der Waals surface area (Å²) in [7, 11) is 0. The Morgan fingerprint density at radius 2 is 1.35 bits per heavy atom. The number of carbonyl (C=O) groups is 2. The van der Waals surface area contributed by atoms with Crippen molar-refractivity contribution in [3.8, 4) is 0 Å². The minimum Gasteiger partial charge on any atom is -0.481 e. The van der Waals surface area contributed by atoms with Crippen LogP contribution in [0.5, 0.6) is 0 Å². The summed E-state index contributed by atoms with van der Waals surface area (Å²) >= 11 is 0. The van der Waals surface area contributed by atoms with Gasteiger partial charge in [-0.15, -0.1) is 0 Å². The van der Waals surface area contributed by atoms with E-state index in [-0.39, 0.29) is 18.7 Å². The van der Waals surface area contributed by atoms with Gasteiger partial charge in [0.25, 0.3) is 0 Å². The van der Waals surface area contributed by atoms with E-state index in [1.54, 1.807) is 0 Å². The minimum absolute atomic E-state index is 0.184. The van der Waals surface area contributed by atoms with Crippen LogP contribution in [-0.2, 0) is 9.59 Å². The molecule has 0 aliphatic rings. The zero-order chi connectivity index (χ0) is 15.1. The Balaban J connectivity index is 3.09. The van der Waals surface area contributed by atoms with E-state index < -0.39 is 5.97 Å². The van der Waals surface area contributed by atoms with E-state index in [0.29, 0.717) is 0 Å². The third kappa shape index (κ3) is 15.2. The van der Waals surface area contributed by atoms with Gasteiger partial charge in [-0.3, -0.25) is 9.59 Å². The van der Waals surface area contributed by atoms with Gasteiger partial charge < -0.3 is 10.4 Å². The van der Waals surface area contributed by atoms with Crippen molar-refractivity contribution in [1.82, 2.24) is 5.32 Å². The molecule has 0 aromatic rings. The highest BCUT2D eigenvalue weighted by Gasteiger charge is 2.06. The van der Waals surface area contributed by atoms with Gasteiger partial charge in [-0.2, -0.15) is 0 Å². The topological polar surface area (TPSA) is 66.4 Å². The smallest absolute Gasteiger partial charge is 0.310 e. The first-order valence-corrected chi connectivity index (χ1v) is 8.11. The Kier molecular flexibility index (Phi) is 13.9. The summed E-state index contributed by atoms with van der Waals surface area (Å²) in [4.78, 5) is 21.4. The summed E-state index contributed by atoms with van der Waals surface area (Å²) in [5, 5.41) is 11.4. The first-order chi connectivity index (χ1) is 9.66. The fourth-order valence-corrected chi connectivity index (χ4v) is 2.20. The zero-order valence-electron chi connectivity index (χ0n) is 13.0. The zero-order valence-corrected chi connectivity index (χ0v) is 13.0. The largest absolute Gasteiger partial charge is 0.481 e. The number of carbonyl (C=O) groups excluding carboxylic acids is 1. The van der Waals surface area contributed by atoms with Gasteiger partial charge in [0, 0.05) is 0 Å².